The number of benzene rings is 1. The summed E-state index contributed by atoms with van der Waals surface area (Å²) in [4.78, 5) is 4.29. The molecule has 0 aliphatic carbocycles. The zero-order valence-electron chi connectivity index (χ0n) is 10.2. The first kappa shape index (κ1) is 13.1. The van der Waals surface area contributed by atoms with E-state index in [1.54, 1.807) is 12.4 Å². The second-order valence-electron chi connectivity index (χ2n) is 4.13. The fourth-order valence-corrected chi connectivity index (χ4v) is 1.91. The third-order valence-electron chi connectivity index (χ3n) is 2.68. The molecule has 5 heteroatoms. The lowest BCUT2D eigenvalue weighted by Gasteiger charge is -2.05. The molecule has 0 fully saturated rings. The molecular weight excluding hydrogens is 253 g/mol. The van der Waals surface area contributed by atoms with Gasteiger partial charge in [-0.25, -0.2) is 9.37 Å². The zero-order chi connectivity index (χ0) is 13.0. The Hall–Kier alpha value is -1.39. The highest BCUT2D eigenvalue weighted by molar-refractivity contribution is 6.31. The predicted molar refractivity (Wildman–Crippen MR) is 70.4 cm³/mol. The van der Waals surface area contributed by atoms with E-state index in [1.807, 2.05) is 17.8 Å². The van der Waals surface area contributed by atoms with E-state index >= 15 is 0 Å². The summed E-state index contributed by atoms with van der Waals surface area (Å²) in [6, 6.07) is 4.39. The molecule has 2 aromatic rings. The normalized spacial score (nSPS) is 10.8. The summed E-state index contributed by atoms with van der Waals surface area (Å²) >= 11 is 6.03. The van der Waals surface area contributed by atoms with Crippen LogP contribution in [0, 0.1) is 5.82 Å². The van der Waals surface area contributed by atoms with Crippen molar-refractivity contribution in [3.63, 3.8) is 0 Å². The van der Waals surface area contributed by atoms with Crippen molar-refractivity contribution in [1.82, 2.24) is 14.9 Å². The molecule has 0 aliphatic heterocycles. The van der Waals surface area contributed by atoms with Gasteiger partial charge < -0.3 is 9.88 Å². The van der Waals surface area contributed by atoms with E-state index in [4.69, 9.17) is 11.6 Å². The van der Waals surface area contributed by atoms with Gasteiger partial charge in [0.2, 0.25) is 0 Å². The molecule has 0 atom stereocenters. The van der Waals surface area contributed by atoms with Crippen LogP contribution in [-0.4, -0.2) is 23.1 Å². The van der Waals surface area contributed by atoms with Crippen molar-refractivity contribution in [1.29, 1.82) is 0 Å². The van der Waals surface area contributed by atoms with Gasteiger partial charge in [-0.2, -0.15) is 0 Å². The molecule has 1 heterocycles. The number of halogens is 2. The van der Waals surface area contributed by atoms with Gasteiger partial charge in [0.25, 0.3) is 0 Å². The molecule has 0 spiro atoms. The highest BCUT2D eigenvalue weighted by Crippen LogP contribution is 2.18. The van der Waals surface area contributed by atoms with Gasteiger partial charge in [-0.05, 0) is 30.8 Å². The Morgan fingerprint density at radius 2 is 2.28 bits per heavy atom. The van der Waals surface area contributed by atoms with Crippen molar-refractivity contribution >= 4 is 11.6 Å². The van der Waals surface area contributed by atoms with Crippen LogP contribution in [0.15, 0.2) is 30.7 Å². The number of hydrogen-bond donors (Lipinski definition) is 1. The molecule has 0 aliphatic rings. The van der Waals surface area contributed by atoms with E-state index in [-0.39, 0.29) is 5.82 Å². The van der Waals surface area contributed by atoms with Gasteiger partial charge in [0, 0.05) is 24.2 Å². The van der Waals surface area contributed by atoms with Gasteiger partial charge in [-0.15, -0.1) is 0 Å². The minimum absolute atomic E-state index is 0.273. The molecule has 2 rings (SSSR count). The third kappa shape index (κ3) is 3.31. The first-order valence-corrected chi connectivity index (χ1v) is 6.16. The summed E-state index contributed by atoms with van der Waals surface area (Å²) in [5, 5.41) is 3.64. The summed E-state index contributed by atoms with van der Waals surface area (Å²) in [6.45, 7) is 1.42. The van der Waals surface area contributed by atoms with Gasteiger partial charge >= 0.3 is 0 Å². The van der Waals surface area contributed by atoms with Crippen LogP contribution in [0.5, 0.6) is 0 Å². The number of imidazole rings is 1. The number of likely N-dealkylation sites (N-methyl/N-ethyl adjacent to an activating group) is 1. The summed E-state index contributed by atoms with van der Waals surface area (Å²) in [6.07, 6.45) is 4.57. The molecule has 3 nitrogen and oxygen atoms in total. The third-order valence-corrected chi connectivity index (χ3v) is 3.05. The monoisotopic (exact) mass is 267 g/mol. The lowest BCUT2D eigenvalue weighted by molar-refractivity contribution is 0.623. The first-order chi connectivity index (χ1) is 8.69. The summed E-state index contributed by atoms with van der Waals surface area (Å²) < 4.78 is 15.0. The van der Waals surface area contributed by atoms with E-state index in [9.17, 15) is 4.39 Å². The van der Waals surface area contributed by atoms with E-state index in [0.717, 1.165) is 24.2 Å². The maximum atomic E-state index is 13.1. The van der Waals surface area contributed by atoms with E-state index in [1.165, 1.54) is 12.1 Å². The number of rotatable bonds is 5. The average molecular weight is 268 g/mol. The molecule has 0 radical (unpaired) electrons. The van der Waals surface area contributed by atoms with Gasteiger partial charge in [0.1, 0.15) is 5.82 Å². The summed E-state index contributed by atoms with van der Waals surface area (Å²) in [5.41, 5.74) is 1.77. The molecular formula is C13H15ClFN3. The Morgan fingerprint density at radius 1 is 1.44 bits per heavy atom. The van der Waals surface area contributed by atoms with Crippen molar-refractivity contribution in [3.05, 3.63) is 52.8 Å². The largest absolute Gasteiger partial charge is 0.333 e. The number of nitrogens with one attached hydrogen (secondary N) is 1. The predicted octanol–water partition coefficient (Wildman–Crippen LogP) is 2.49. The van der Waals surface area contributed by atoms with Crippen molar-refractivity contribution in [2.24, 2.45) is 0 Å². The van der Waals surface area contributed by atoms with Crippen LogP contribution in [0.25, 0.3) is 0 Å². The Kier molecular flexibility index (Phi) is 4.33. The highest BCUT2D eigenvalue weighted by Gasteiger charge is 2.04. The van der Waals surface area contributed by atoms with Crippen LogP contribution in [0.1, 0.15) is 11.3 Å². The molecule has 0 saturated carbocycles. The quantitative estimate of drug-likeness (QED) is 0.902. The molecule has 96 valence electrons. The number of hydrogen-bond acceptors (Lipinski definition) is 2. The van der Waals surface area contributed by atoms with E-state index in [2.05, 4.69) is 10.3 Å². The van der Waals surface area contributed by atoms with E-state index < -0.39 is 0 Å². The van der Waals surface area contributed by atoms with Crippen LogP contribution in [-0.2, 0) is 13.0 Å². The molecule has 18 heavy (non-hydrogen) atoms. The Labute approximate surface area is 111 Å². The Bertz CT molecular complexity index is 525. The van der Waals surface area contributed by atoms with Crippen molar-refractivity contribution in [2.75, 3.05) is 13.6 Å². The highest BCUT2D eigenvalue weighted by atomic mass is 35.5. The molecule has 0 unspecified atom stereocenters. The Morgan fingerprint density at radius 3 is 3.06 bits per heavy atom. The van der Waals surface area contributed by atoms with Crippen LogP contribution >= 0.6 is 11.6 Å². The topological polar surface area (TPSA) is 29.9 Å². The van der Waals surface area contributed by atoms with Gasteiger partial charge in [-0.3, -0.25) is 0 Å². The second kappa shape index (κ2) is 5.98. The molecule has 1 aromatic carbocycles. The van der Waals surface area contributed by atoms with Crippen LogP contribution in [0.4, 0.5) is 4.39 Å². The number of nitrogens with zero attached hydrogens (tertiary/aromatic N) is 2. The maximum absolute atomic E-state index is 13.1. The van der Waals surface area contributed by atoms with Crippen LogP contribution < -0.4 is 5.32 Å². The van der Waals surface area contributed by atoms with Gasteiger partial charge in [0.15, 0.2) is 0 Å². The lowest BCUT2D eigenvalue weighted by Crippen LogP contribution is -2.10. The second-order valence-corrected chi connectivity index (χ2v) is 4.53. The molecule has 0 amide bonds. The first-order valence-electron chi connectivity index (χ1n) is 5.78. The maximum Gasteiger partial charge on any atom is 0.123 e. The molecule has 0 bridgehead atoms. The fraction of sp³-hybridized carbons (Fsp3) is 0.308. The van der Waals surface area contributed by atoms with Gasteiger partial charge in [0.05, 0.1) is 18.6 Å². The van der Waals surface area contributed by atoms with Crippen LogP contribution in [0.3, 0.4) is 0 Å². The molecule has 1 N–H and O–H groups in total. The van der Waals surface area contributed by atoms with E-state index in [0.29, 0.717) is 11.6 Å². The number of aromatic nitrogens is 2. The SMILES string of the molecule is CNCCc1cn(Cc2cc(F)ccc2Cl)cn1. The summed E-state index contributed by atoms with van der Waals surface area (Å²) in [5.74, 6) is -0.273. The minimum atomic E-state index is -0.273. The minimum Gasteiger partial charge on any atom is -0.333 e. The smallest absolute Gasteiger partial charge is 0.123 e. The zero-order valence-corrected chi connectivity index (χ0v) is 10.9. The van der Waals surface area contributed by atoms with Crippen LogP contribution in [0.2, 0.25) is 5.02 Å². The van der Waals surface area contributed by atoms with Gasteiger partial charge in [-0.1, -0.05) is 11.6 Å². The van der Waals surface area contributed by atoms with Crippen molar-refractivity contribution in [3.8, 4) is 0 Å². The Balaban J connectivity index is 2.08. The van der Waals surface area contributed by atoms with Crippen molar-refractivity contribution in [2.45, 2.75) is 13.0 Å². The fourth-order valence-electron chi connectivity index (χ4n) is 1.74. The average Bonchev–Trinajstić information content (AvgIpc) is 2.79. The molecule has 1 aromatic heterocycles. The lowest BCUT2D eigenvalue weighted by atomic mass is 10.2. The standard InChI is InChI=1S/C13H15ClFN3/c1-16-5-4-12-8-18(9-17-12)7-10-6-11(15)2-3-13(10)14/h2-3,6,8-9,16H,4-5,7H2,1H3. The summed E-state index contributed by atoms with van der Waals surface area (Å²) in [7, 11) is 1.91. The molecule has 0 saturated heterocycles. The van der Waals surface area contributed by atoms with Crippen molar-refractivity contribution < 1.29 is 4.39 Å².